The van der Waals surface area contributed by atoms with Gasteiger partial charge in [-0.25, -0.2) is 0 Å². The van der Waals surface area contributed by atoms with Gasteiger partial charge in [0.2, 0.25) is 5.91 Å². The van der Waals surface area contributed by atoms with Gasteiger partial charge in [0.1, 0.15) is 12.4 Å². The molecule has 2 aliphatic rings. The van der Waals surface area contributed by atoms with Gasteiger partial charge in [-0.2, -0.15) is 0 Å². The normalized spacial score (nSPS) is 22.1. The van der Waals surface area contributed by atoms with Gasteiger partial charge >= 0.3 is 0 Å². The summed E-state index contributed by atoms with van der Waals surface area (Å²) in [5.41, 5.74) is 1.02. The van der Waals surface area contributed by atoms with Gasteiger partial charge in [0.05, 0.1) is 5.92 Å². The summed E-state index contributed by atoms with van der Waals surface area (Å²) >= 11 is 5.97. The number of halogens is 1. The molecule has 5 heteroatoms. The predicted molar refractivity (Wildman–Crippen MR) is 73.5 cm³/mol. The zero-order valence-electron chi connectivity index (χ0n) is 10.6. The molecule has 0 spiro atoms. The van der Waals surface area contributed by atoms with E-state index >= 15 is 0 Å². The van der Waals surface area contributed by atoms with E-state index in [0.29, 0.717) is 24.0 Å². The third-order valence-electron chi connectivity index (χ3n) is 3.73. The molecule has 0 bridgehead atoms. The molecule has 0 aliphatic carbocycles. The summed E-state index contributed by atoms with van der Waals surface area (Å²) in [4.78, 5) is 12.1. The van der Waals surface area contributed by atoms with Gasteiger partial charge in [0.25, 0.3) is 0 Å². The van der Waals surface area contributed by atoms with Crippen molar-refractivity contribution in [3.8, 4) is 5.75 Å². The maximum Gasteiger partial charge on any atom is 0.226 e. The zero-order valence-corrected chi connectivity index (χ0v) is 11.4. The second-order valence-electron chi connectivity index (χ2n) is 5.23. The fraction of sp³-hybridized carbons (Fsp3) is 0.500. The number of hydrogen-bond donors (Lipinski definition) is 2. The molecule has 1 unspecified atom stereocenters. The topological polar surface area (TPSA) is 50.4 Å². The highest BCUT2D eigenvalue weighted by Crippen LogP contribution is 2.29. The lowest BCUT2D eigenvalue weighted by Gasteiger charge is -2.29. The van der Waals surface area contributed by atoms with Crippen LogP contribution in [0, 0.1) is 11.8 Å². The molecule has 3 rings (SSSR count). The van der Waals surface area contributed by atoms with Crippen molar-refractivity contribution in [1.29, 1.82) is 0 Å². The largest absolute Gasteiger partial charge is 0.492 e. The monoisotopic (exact) mass is 280 g/mol. The molecule has 1 fully saturated rings. The highest BCUT2D eigenvalue weighted by molar-refractivity contribution is 6.30. The van der Waals surface area contributed by atoms with Crippen LogP contribution in [0.2, 0.25) is 5.02 Å². The minimum atomic E-state index is -0.112. The van der Waals surface area contributed by atoms with E-state index in [4.69, 9.17) is 16.3 Å². The van der Waals surface area contributed by atoms with E-state index in [2.05, 4.69) is 10.6 Å². The quantitative estimate of drug-likeness (QED) is 0.876. The summed E-state index contributed by atoms with van der Waals surface area (Å²) in [6, 6.07) is 5.56. The number of carbonyl (C=O) groups is 1. The summed E-state index contributed by atoms with van der Waals surface area (Å²) < 4.78 is 5.63. The van der Waals surface area contributed by atoms with Gasteiger partial charge in [0, 0.05) is 30.6 Å². The zero-order chi connectivity index (χ0) is 13.2. The molecule has 0 saturated carbocycles. The Labute approximate surface area is 117 Å². The Balaban J connectivity index is 1.59. The van der Waals surface area contributed by atoms with Crippen molar-refractivity contribution in [3.63, 3.8) is 0 Å². The summed E-state index contributed by atoms with van der Waals surface area (Å²) in [6.07, 6.45) is 0.699. The Hall–Kier alpha value is -1.26. The van der Waals surface area contributed by atoms with Crippen molar-refractivity contribution >= 4 is 17.5 Å². The van der Waals surface area contributed by atoms with E-state index in [1.807, 2.05) is 18.2 Å². The molecular formula is C14H17ClN2O2. The van der Waals surface area contributed by atoms with Crippen molar-refractivity contribution in [1.82, 2.24) is 10.6 Å². The summed E-state index contributed by atoms with van der Waals surface area (Å²) in [7, 11) is 0. The van der Waals surface area contributed by atoms with Crippen molar-refractivity contribution in [2.24, 2.45) is 11.8 Å². The molecule has 4 nitrogen and oxygen atoms in total. The van der Waals surface area contributed by atoms with E-state index < -0.39 is 0 Å². The molecule has 0 radical (unpaired) electrons. The molecule has 2 aliphatic heterocycles. The first kappa shape index (κ1) is 12.8. The second kappa shape index (κ2) is 5.39. The van der Waals surface area contributed by atoms with Crippen LogP contribution in [0.3, 0.4) is 0 Å². The first-order valence-electron chi connectivity index (χ1n) is 6.62. The Morgan fingerprint density at radius 3 is 3.05 bits per heavy atom. The van der Waals surface area contributed by atoms with Crippen LogP contribution in [0.5, 0.6) is 5.75 Å². The number of amides is 1. The fourth-order valence-corrected chi connectivity index (χ4v) is 2.61. The standard InChI is InChI=1S/C14H17ClN2O2/c15-12-1-2-13-10(4-12)3-11(8-19-13)14(18)17-7-9-5-16-6-9/h1-2,4,9,11,16H,3,5-8H2,(H,17,18). The van der Waals surface area contributed by atoms with E-state index in [1.54, 1.807) is 0 Å². The van der Waals surface area contributed by atoms with E-state index in [9.17, 15) is 4.79 Å². The lowest BCUT2D eigenvalue weighted by atomic mass is 9.95. The minimum absolute atomic E-state index is 0.0810. The summed E-state index contributed by atoms with van der Waals surface area (Å²) in [5, 5.41) is 6.89. The number of carbonyl (C=O) groups excluding carboxylic acids is 1. The van der Waals surface area contributed by atoms with Crippen LogP contribution in [0.15, 0.2) is 18.2 Å². The molecule has 1 aromatic carbocycles. The minimum Gasteiger partial charge on any atom is -0.492 e. The summed E-state index contributed by atoms with van der Waals surface area (Å²) in [5.74, 6) is 1.39. The SMILES string of the molecule is O=C(NCC1CNC1)C1COc2ccc(Cl)cc2C1. The first-order valence-corrected chi connectivity index (χ1v) is 7.00. The fourth-order valence-electron chi connectivity index (χ4n) is 2.41. The van der Waals surface area contributed by atoms with Crippen LogP contribution in [0.4, 0.5) is 0 Å². The lowest BCUT2D eigenvalue weighted by molar-refractivity contribution is -0.126. The Kier molecular flexibility index (Phi) is 3.62. The molecule has 2 heterocycles. The Morgan fingerprint density at radius 2 is 2.32 bits per heavy atom. The Bertz CT molecular complexity index is 488. The van der Waals surface area contributed by atoms with Crippen LogP contribution in [0.1, 0.15) is 5.56 Å². The van der Waals surface area contributed by atoms with Crippen LogP contribution in [-0.4, -0.2) is 32.1 Å². The van der Waals surface area contributed by atoms with Crippen molar-refractivity contribution in [2.45, 2.75) is 6.42 Å². The second-order valence-corrected chi connectivity index (χ2v) is 5.67. The Morgan fingerprint density at radius 1 is 1.47 bits per heavy atom. The van der Waals surface area contributed by atoms with Gasteiger partial charge in [-0.1, -0.05) is 11.6 Å². The molecule has 19 heavy (non-hydrogen) atoms. The van der Waals surface area contributed by atoms with Gasteiger partial charge in [-0.3, -0.25) is 4.79 Å². The highest BCUT2D eigenvalue weighted by atomic mass is 35.5. The average molecular weight is 281 g/mol. The molecule has 1 amide bonds. The molecule has 1 saturated heterocycles. The average Bonchev–Trinajstić information content (AvgIpc) is 2.35. The van der Waals surface area contributed by atoms with E-state index in [1.165, 1.54) is 0 Å². The van der Waals surface area contributed by atoms with Crippen LogP contribution in [0.25, 0.3) is 0 Å². The molecule has 2 N–H and O–H groups in total. The van der Waals surface area contributed by atoms with E-state index in [-0.39, 0.29) is 11.8 Å². The maximum atomic E-state index is 12.1. The third-order valence-corrected chi connectivity index (χ3v) is 3.97. The molecule has 1 atom stereocenters. The molecule has 0 aromatic heterocycles. The van der Waals surface area contributed by atoms with Gasteiger partial charge in [-0.05, 0) is 30.2 Å². The van der Waals surface area contributed by atoms with Crippen molar-refractivity contribution in [2.75, 3.05) is 26.2 Å². The molecule has 102 valence electrons. The summed E-state index contributed by atoms with van der Waals surface area (Å²) in [6.45, 7) is 3.20. The number of ether oxygens (including phenoxy) is 1. The maximum absolute atomic E-state index is 12.1. The first-order chi connectivity index (χ1) is 9.22. The smallest absolute Gasteiger partial charge is 0.226 e. The third kappa shape index (κ3) is 2.85. The number of nitrogens with one attached hydrogen (secondary N) is 2. The molecular weight excluding hydrogens is 264 g/mol. The molecule has 1 aromatic rings. The number of hydrogen-bond acceptors (Lipinski definition) is 3. The number of fused-ring (bicyclic) bond motifs is 1. The predicted octanol–water partition coefficient (Wildman–Crippen LogP) is 1.23. The lowest BCUT2D eigenvalue weighted by Crippen LogP contribution is -2.49. The highest BCUT2D eigenvalue weighted by Gasteiger charge is 2.27. The number of benzene rings is 1. The van der Waals surface area contributed by atoms with Crippen LogP contribution < -0.4 is 15.4 Å². The number of rotatable bonds is 3. The van der Waals surface area contributed by atoms with Gasteiger partial charge in [0.15, 0.2) is 0 Å². The van der Waals surface area contributed by atoms with Crippen molar-refractivity contribution < 1.29 is 9.53 Å². The van der Waals surface area contributed by atoms with Crippen LogP contribution in [-0.2, 0) is 11.2 Å². The van der Waals surface area contributed by atoms with Gasteiger partial charge in [-0.15, -0.1) is 0 Å². The van der Waals surface area contributed by atoms with Crippen molar-refractivity contribution in [3.05, 3.63) is 28.8 Å². The van der Waals surface area contributed by atoms with Gasteiger partial charge < -0.3 is 15.4 Å². The van der Waals surface area contributed by atoms with E-state index in [0.717, 1.165) is 30.9 Å². The van der Waals surface area contributed by atoms with Crippen LogP contribution >= 0.6 is 11.6 Å².